The van der Waals surface area contributed by atoms with E-state index in [1.165, 1.54) is 16.5 Å². The van der Waals surface area contributed by atoms with Crippen molar-refractivity contribution in [3.05, 3.63) is 78.1 Å². The average molecular weight is 289 g/mol. The zero-order valence-electron chi connectivity index (χ0n) is 12.5. The lowest BCUT2D eigenvalue weighted by molar-refractivity contribution is 0.293. The first-order valence-electron chi connectivity index (χ1n) is 7.83. The van der Waals surface area contributed by atoms with Gasteiger partial charge in [0.1, 0.15) is 11.3 Å². The van der Waals surface area contributed by atoms with Crippen molar-refractivity contribution >= 4 is 16.5 Å². The average Bonchev–Trinajstić information content (AvgIpc) is 3.00. The van der Waals surface area contributed by atoms with E-state index >= 15 is 0 Å². The summed E-state index contributed by atoms with van der Waals surface area (Å²) in [7, 11) is 0. The van der Waals surface area contributed by atoms with E-state index in [4.69, 9.17) is 4.42 Å². The monoisotopic (exact) mass is 289 g/mol. The summed E-state index contributed by atoms with van der Waals surface area (Å²) >= 11 is 0. The van der Waals surface area contributed by atoms with E-state index in [1.54, 1.807) is 0 Å². The Balaban J connectivity index is 1.49. The van der Waals surface area contributed by atoms with Gasteiger partial charge in [0.25, 0.3) is 0 Å². The minimum Gasteiger partial charge on any atom is -0.456 e. The number of furan rings is 1. The third-order valence-electron chi connectivity index (χ3n) is 4.28. The summed E-state index contributed by atoms with van der Waals surface area (Å²) in [4.78, 5) is 2.47. The van der Waals surface area contributed by atoms with Crippen molar-refractivity contribution in [3.8, 4) is 0 Å². The Morgan fingerprint density at radius 1 is 0.955 bits per heavy atom. The zero-order chi connectivity index (χ0) is 14.8. The van der Waals surface area contributed by atoms with Crippen molar-refractivity contribution in [2.24, 2.45) is 0 Å². The van der Waals surface area contributed by atoms with Crippen LogP contribution in [0.3, 0.4) is 0 Å². The standard InChI is InChI=1S/C20H19NO/c1-2-6-16(7-3-1)15-21-12-10-17(11-13-21)20-14-18-8-4-5-9-19(18)22-20/h1-10,14H,11-13,15H2. The van der Waals surface area contributed by atoms with Gasteiger partial charge in [0.2, 0.25) is 0 Å². The Bertz CT molecular complexity index is 768. The largest absolute Gasteiger partial charge is 0.456 e. The fraction of sp³-hybridized carbons (Fsp3) is 0.200. The summed E-state index contributed by atoms with van der Waals surface area (Å²) < 4.78 is 5.97. The first-order valence-corrected chi connectivity index (χ1v) is 7.83. The first kappa shape index (κ1) is 13.4. The molecule has 0 aliphatic carbocycles. The van der Waals surface area contributed by atoms with Crippen LogP contribution in [0, 0.1) is 0 Å². The number of hydrogen-bond donors (Lipinski definition) is 0. The second kappa shape index (κ2) is 5.82. The van der Waals surface area contributed by atoms with Crippen LogP contribution in [0.4, 0.5) is 0 Å². The second-order valence-electron chi connectivity index (χ2n) is 5.85. The Morgan fingerprint density at radius 2 is 1.77 bits per heavy atom. The van der Waals surface area contributed by atoms with Gasteiger partial charge in [-0.15, -0.1) is 0 Å². The van der Waals surface area contributed by atoms with Crippen molar-refractivity contribution in [1.82, 2.24) is 4.90 Å². The van der Waals surface area contributed by atoms with E-state index < -0.39 is 0 Å². The van der Waals surface area contributed by atoms with Gasteiger partial charge in [-0.3, -0.25) is 4.90 Å². The molecule has 0 bridgehead atoms. The van der Waals surface area contributed by atoms with Crippen LogP contribution in [0.1, 0.15) is 17.7 Å². The molecule has 22 heavy (non-hydrogen) atoms. The number of nitrogens with zero attached hydrogens (tertiary/aromatic N) is 1. The number of para-hydroxylation sites is 1. The molecule has 0 saturated heterocycles. The van der Waals surface area contributed by atoms with Crippen molar-refractivity contribution in [2.45, 2.75) is 13.0 Å². The molecule has 0 spiro atoms. The normalized spacial score (nSPS) is 15.9. The molecule has 0 atom stereocenters. The lowest BCUT2D eigenvalue weighted by atomic mass is 10.0. The molecule has 2 aromatic carbocycles. The van der Waals surface area contributed by atoms with Crippen molar-refractivity contribution in [3.63, 3.8) is 0 Å². The fourth-order valence-electron chi connectivity index (χ4n) is 3.06. The van der Waals surface area contributed by atoms with E-state index in [9.17, 15) is 0 Å². The Hall–Kier alpha value is -2.32. The highest BCUT2D eigenvalue weighted by Gasteiger charge is 2.15. The molecule has 1 aliphatic heterocycles. The summed E-state index contributed by atoms with van der Waals surface area (Å²) in [6.45, 7) is 3.09. The number of hydrogen-bond acceptors (Lipinski definition) is 2. The van der Waals surface area contributed by atoms with Crippen LogP contribution >= 0.6 is 0 Å². The zero-order valence-corrected chi connectivity index (χ0v) is 12.5. The number of benzene rings is 2. The summed E-state index contributed by atoms with van der Waals surface area (Å²) in [5.74, 6) is 1.03. The molecular formula is C20H19NO. The molecule has 0 unspecified atom stereocenters. The maximum absolute atomic E-state index is 5.97. The Morgan fingerprint density at radius 3 is 2.55 bits per heavy atom. The molecule has 3 aromatic rings. The van der Waals surface area contributed by atoms with Crippen molar-refractivity contribution in [1.29, 1.82) is 0 Å². The van der Waals surface area contributed by atoms with Crippen LogP contribution in [0.2, 0.25) is 0 Å². The molecule has 0 fully saturated rings. The molecular weight excluding hydrogens is 270 g/mol. The third-order valence-corrected chi connectivity index (χ3v) is 4.28. The quantitative estimate of drug-likeness (QED) is 0.693. The number of rotatable bonds is 3. The van der Waals surface area contributed by atoms with Crippen molar-refractivity contribution in [2.75, 3.05) is 13.1 Å². The topological polar surface area (TPSA) is 16.4 Å². The SMILES string of the molecule is C1=C(c2cc3ccccc3o2)CCN(Cc2ccccc2)C1. The van der Waals surface area contributed by atoms with E-state index in [0.717, 1.165) is 37.4 Å². The molecule has 0 radical (unpaired) electrons. The summed E-state index contributed by atoms with van der Waals surface area (Å²) in [6, 6.07) is 21.0. The molecule has 1 aliphatic rings. The third kappa shape index (κ3) is 2.70. The lowest BCUT2D eigenvalue weighted by Crippen LogP contribution is -2.27. The van der Waals surface area contributed by atoms with Gasteiger partial charge in [-0.2, -0.15) is 0 Å². The molecule has 2 heterocycles. The predicted molar refractivity (Wildman–Crippen MR) is 90.5 cm³/mol. The van der Waals surface area contributed by atoms with E-state index in [1.807, 2.05) is 12.1 Å². The highest BCUT2D eigenvalue weighted by Crippen LogP contribution is 2.28. The van der Waals surface area contributed by atoms with Gasteiger partial charge < -0.3 is 4.42 Å². The van der Waals surface area contributed by atoms with E-state index in [-0.39, 0.29) is 0 Å². The van der Waals surface area contributed by atoms with Gasteiger partial charge in [-0.25, -0.2) is 0 Å². The van der Waals surface area contributed by atoms with Crippen LogP contribution in [0.15, 0.2) is 71.2 Å². The second-order valence-corrected chi connectivity index (χ2v) is 5.85. The van der Waals surface area contributed by atoms with E-state index in [0.29, 0.717) is 0 Å². The molecule has 2 heteroatoms. The Labute approximate surface area is 130 Å². The Kier molecular flexibility index (Phi) is 3.53. The molecule has 1 aromatic heterocycles. The maximum Gasteiger partial charge on any atom is 0.134 e. The van der Waals surface area contributed by atoms with Crippen LogP contribution in [-0.2, 0) is 6.54 Å². The molecule has 0 saturated carbocycles. The minimum absolute atomic E-state index is 0.977. The van der Waals surface area contributed by atoms with Crippen LogP contribution in [0.5, 0.6) is 0 Å². The van der Waals surface area contributed by atoms with Gasteiger partial charge in [0.05, 0.1) is 0 Å². The van der Waals surface area contributed by atoms with E-state index in [2.05, 4.69) is 59.5 Å². The molecule has 110 valence electrons. The van der Waals surface area contributed by atoms with Crippen LogP contribution in [0.25, 0.3) is 16.5 Å². The highest BCUT2D eigenvalue weighted by atomic mass is 16.3. The summed E-state index contributed by atoms with van der Waals surface area (Å²) in [5.41, 5.74) is 3.69. The van der Waals surface area contributed by atoms with Crippen molar-refractivity contribution < 1.29 is 4.42 Å². The summed E-state index contributed by atoms with van der Waals surface area (Å²) in [5, 5.41) is 1.19. The minimum atomic E-state index is 0.977. The summed E-state index contributed by atoms with van der Waals surface area (Å²) in [6.07, 6.45) is 3.36. The highest BCUT2D eigenvalue weighted by molar-refractivity contribution is 5.82. The molecule has 2 nitrogen and oxygen atoms in total. The van der Waals surface area contributed by atoms with Crippen LogP contribution < -0.4 is 0 Å². The maximum atomic E-state index is 5.97. The van der Waals surface area contributed by atoms with Gasteiger partial charge in [-0.1, -0.05) is 54.6 Å². The molecule has 0 amide bonds. The lowest BCUT2D eigenvalue weighted by Gasteiger charge is -2.25. The smallest absolute Gasteiger partial charge is 0.134 e. The molecule has 4 rings (SSSR count). The van der Waals surface area contributed by atoms with Gasteiger partial charge >= 0.3 is 0 Å². The first-order chi connectivity index (χ1) is 10.9. The van der Waals surface area contributed by atoms with Crippen LogP contribution in [-0.4, -0.2) is 18.0 Å². The molecule has 0 N–H and O–H groups in total. The number of fused-ring (bicyclic) bond motifs is 1. The fourth-order valence-corrected chi connectivity index (χ4v) is 3.06. The van der Waals surface area contributed by atoms with Gasteiger partial charge in [0.15, 0.2) is 0 Å². The van der Waals surface area contributed by atoms with Gasteiger partial charge in [0, 0.05) is 25.0 Å². The van der Waals surface area contributed by atoms with Gasteiger partial charge in [-0.05, 0) is 29.7 Å². The predicted octanol–water partition coefficient (Wildman–Crippen LogP) is 4.72.